The maximum absolute atomic E-state index is 5.71. The first kappa shape index (κ1) is 15.8. The molecule has 7 heteroatoms. The van der Waals surface area contributed by atoms with E-state index in [0.29, 0.717) is 18.3 Å². The molecule has 1 aromatic carbocycles. The zero-order valence-corrected chi connectivity index (χ0v) is 12.3. The molecule has 2 aromatic rings. The Morgan fingerprint density at radius 2 is 2.05 bits per heavy atom. The highest BCUT2D eigenvalue weighted by molar-refractivity contribution is 5.85. The molecule has 2 heterocycles. The molecule has 2 unspecified atom stereocenters. The highest BCUT2D eigenvalue weighted by Crippen LogP contribution is 2.31. The van der Waals surface area contributed by atoms with Crippen molar-refractivity contribution in [1.29, 1.82) is 0 Å². The van der Waals surface area contributed by atoms with Crippen LogP contribution in [0, 0.1) is 0 Å². The molecule has 114 valence electrons. The number of para-hydroxylation sites is 1. The van der Waals surface area contributed by atoms with E-state index in [1.807, 2.05) is 30.3 Å². The maximum Gasteiger partial charge on any atom is 0.255 e. The van der Waals surface area contributed by atoms with Crippen LogP contribution in [0.3, 0.4) is 0 Å². The molecule has 0 aliphatic carbocycles. The Kier molecular flexibility index (Phi) is 5.55. The van der Waals surface area contributed by atoms with Crippen LogP contribution in [0.25, 0.3) is 0 Å². The van der Waals surface area contributed by atoms with Gasteiger partial charge in [-0.3, -0.25) is 0 Å². The predicted molar refractivity (Wildman–Crippen MR) is 78.2 cm³/mol. The van der Waals surface area contributed by atoms with Gasteiger partial charge in [-0.05, 0) is 25.0 Å². The van der Waals surface area contributed by atoms with Crippen molar-refractivity contribution < 1.29 is 14.0 Å². The van der Waals surface area contributed by atoms with Crippen molar-refractivity contribution in [3.8, 4) is 5.75 Å². The van der Waals surface area contributed by atoms with E-state index in [0.717, 1.165) is 18.6 Å². The Morgan fingerprint density at radius 1 is 1.24 bits per heavy atom. The summed E-state index contributed by atoms with van der Waals surface area (Å²) in [7, 11) is 0. The molecule has 1 saturated heterocycles. The minimum absolute atomic E-state index is 0. The quantitative estimate of drug-likeness (QED) is 0.911. The van der Waals surface area contributed by atoms with Gasteiger partial charge in [-0.1, -0.05) is 23.4 Å². The number of benzene rings is 1. The number of halogens is 1. The summed E-state index contributed by atoms with van der Waals surface area (Å²) >= 11 is 0. The Bertz CT molecular complexity index is 549. The summed E-state index contributed by atoms with van der Waals surface area (Å²) in [5.74, 6) is 1.80. The zero-order valence-electron chi connectivity index (χ0n) is 11.5. The molecule has 3 rings (SSSR count). The lowest BCUT2D eigenvalue weighted by molar-refractivity contribution is 0.0307. The third-order valence-electron chi connectivity index (χ3n) is 3.24. The molecule has 2 atom stereocenters. The average molecular weight is 312 g/mol. The normalized spacial score (nSPS) is 21.0. The van der Waals surface area contributed by atoms with Gasteiger partial charge in [0.1, 0.15) is 11.9 Å². The van der Waals surface area contributed by atoms with Gasteiger partial charge in [0, 0.05) is 6.54 Å². The topological polar surface area (TPSA) is 83.4 Å². The Morgan fingerprint density at radius 3 is 2.76 bits per heavy atom. The van der Waals surface area contributed by atoms with Gasteiger partial charge in [-0.15, -0.1) is 12.4 Å². The molecule has 0 amide bonds. The molecule has 1 fully saturated rings. The van der Waals surface area contributed by atoms with E-state index < -0.39 is 0 Å². The molecule has 21 heavy (non-hydrogen) atoms. The van der Waals surface area contributed by atoms with E-state index in [4.69, 9.17) is 19.7 Å². The molecule has 0 saturated carbocycles. The van der Waals surface area contributed by atoms with Crippen LogP contribution in [0.15, 0.2) is 34.9 Å². The fourth-order valence-corrected chi connectivity index (χ4v) is 2.18. The fourth-order valence-electron chi connectivity index (χ4n) is 2.18. The standard InChI is InChI=1S/C14H17N3O3.ClH/c15-8-11-6-7-12(19-11)14-16-13(17-20-14)9-18-10-4-2-1-3-5-10;/h1-5,11-12H,6-9,15H2;1H. The van der Waals surface area contributed by atoms with Gasteiger partial charge in [0.15, 0.2) is 6.61 Å². The Labute approximate surface area is 129 Å². The number of aromatic nitrogens is 2. The molecule has 6 nitrogen and oxygen atoms in total. The number of hydrogen-bond acceptors (Lipinski definition) is 6. The molecule has 0 bridgehead atoms. The van der Waals surface area contributed by atoms with Gasteiger partial charge >= 0.3 is 0 Å². The Balaban J connectivity index is 0.00000161. The van der Waals surface area contributed by atoms with Gasteiger partial charge in [0.2, 0.25) is 5.82 Å². The average Bonchev–Trinajstić information content (AvgIpc) is 3.15. The smallest absolute Gasteiger partial charge is 0.255 e. The third-order valence-corrected chi connectivity index (χ3v) is 3.24. The summed E-state index contributed by atoms with van der Waals surface area (Å²) in [6.07, 6.45) is 1.75. The zero-order chi connectivity index (χ0) is 13.8. The molecular formula is C14H18ClN3O3. The van der Waals surface area contributed by atoms with Crippen LogP contribution < -0.4 is 10.5 Å². The molecule has 0 spiro atoms. The van der Waals surface area contributed by atoms with Crippen molar-refractivity contribution in [3.05, 3.63) is 42.0 Å². The summed E-state index contributed by atoms with van der Waals surface area (Å²) in [6.45, 7) is 0.801. The summed E-state index contributed by atoms with van der Waals surface area (Å²) < 4.78 is 16.5. The lowest BCUT2D eigenvalue weighted by Gasteiger charge is -2.07. The number of hydrogen-bond donors (Lipinski definition) is 1. The van der Waals surface area contributed by atoms with Gasteiger partial charge in [0.25, 0.3) is 5.89 Å². The van der Waals surface area contributed by atoms with E-state index in [1.54, 1.807) is 0 Å². The highest BCUT2D eigenvalue weighted by atomic mass is 35.5. The first-order valence-electron chi connectivity index (χ1n) is 6.71. The fraction of sp³-hybridized carbons (Fsp3) is 0.429. The second-order valence-electron chi connectivity index (χ2n) is 4.71. The minimum Gasteiger partial charge on any atom is -0.485 e. The van der Waals surface area contributed by atoms with E-state index in [1.165, 1.54) is 0 Å². The van der Waals surface area contributed by atoms with Crippen molar-refractivity contribution in [3.63, 3.8) is 0 Å². The van der Waals surface area contributed by atoms with Crippen LogP contribution in [0.5, 0.6) is 5.75 Å². The lowest BCUT2D eigenvalue weighted by atomic mass is 10.2. The van der Waals surface area contributed by atoms with Crippen molar-refractivity contribution in [2.45, 2.75) is 31.7 Å². The van der Waals surface area contributed by atoms with Gasteiger partial charge in [-0.2, -0.15) is 4.98 Å². The minimum atomic E-state index is -0.137. The van der Waals surface area contributed by atoms with Crippen molar-refractivity contribution in [1.82, 2.24) is 10.1 Å². The van der Waals surface area contributed by atoms with Crippen LogP contribution in [0.1, 0.15) is 30.7 Å². The second-order valence-corrected chi connectivity index (χ2v) is 4.71. The van der Waals surface area contributed by atoms with E-state index in [-0.39, 0.29) is 31.2 Å². The molecule has 1 aromatic heterocycles. The molecule has 1 aliphatic rings. The number of rotatable bonds is 5. The van der Waals surface area contributed by atoms with Gasteiger partial charge in [0.05, 0.1) is 6.10 Å². The monoisotopic (exact) mass is 311 g/mol. The lowest BCUT2D eigenvalue weighted by Crippen LogP contribution is -2.18. The number of nitrogens with zero attached hydrogens (tertiary/aromatic N) is 2. The molecule has 2 N–H and O–H groups in total. The maximum atomic E-state index is 5.71. The molecular weight excluding hydrogens is 294 g/mol. The number of nitrogens with two attached hydrogens (primary N) is 1. The highest BCUT2D eigenvalue weighted by Gasteiger charge is 2.29. The summed E-state index contributed by atoms with van der Waals surface area (Å²) in [5, 5.41) is 3.90. The predicted octanol–water partition coefficient (Wildman–Crippen LogP) is 2.25. The van der Waals surface area contributed by atoms with Crippen LogP contribution in [0.2, 0.25) is 0 Å². The van der Waals surface area contributed by atoms with Crippen molar-refractivity contribution >= 4 is 12.4 Å². The molecule has 0 radical (unpaired) electrons. The summed E-state index contributed by atoms with van der Waals surface area (Å²) in [6, 6.07) is 9.52. The van der Waals surface area contributed by atoms with E-state index >= 15 is 0 Å². The van der Waals surface area contributed by atoms with Crippen molar-refractivity contribution in [2.75, 3.05) is 6.54 Å². The first-order chi connectivity index (χ1) is 9.85. The molecule has 1 aliphatic heterocycles. The first-order valence-corrected chi connectivity index (χ1v) is 6.71. The SMILES string of the molecule is Cl.NCC1CCC(c2nc(COc3ccccc3)no2)O1. The number of ether oxygens (including phenoxy) is 2. The van der Waals surface area contributed by atoms with Gasteiger partial charge in [-0.25, -0.2) is 0 Å². The van der Waals surface area contributed by atoms with Crippen LogP contribution >= 0.6 is 12.4 Å². The van der Waals surface area contributed by atoms with E-state index in [9.17, 15) is 0 Å². The third kappa shape index (κ3) is 3.93. The summed E-state index contributed by atoms with van der Waals surface area (Å²) in [4.78, 5) is 4.31. The van der Waals surface area contributed by atoms with Crippen LogP contribution in [-0.4, -0.2) is 22.8 Å². The van der Waals surface area contributed by atoms with Gasteiger partial charge < -0.3 is 19.7 Å². The summed E-state index contributed by atoms with van der Waals surface area (Å²) in [5.41, 5.74) is 5.58. The van der Waals surface area contributed by atoms with Crippen LogP contribution in [0.4, 0.5) is 0 Å². The van der Waals surface area contributed by atoms with Crippen molar-refractivity contribution in [2.24, 2.45) is 5.73 Å². The van der Waals surface area contributed by atoms with Crippen LogP contribution in [-0.2, 0) is 11.3 Å². The second kappa shape index (κ2) is 7.40. The largest absolute Gasteiger partial charge is 0.485 e. The Hall–Kier alpha value is -1.63. The van der Waals surface area contributed by atoms with E-state index in [2.05, 4.69) is 10.1 Å².